The van der Waals surface area contributed by atoms with E-state index < -0.39 is 10.0 Å². The van der Waals surface area contributed by atoms with Crippen molar-refractivity contribution in [1.29, 1.82) is 0 Å². The van der Waals surface area contributed by atoms with Crippen molar-refractivity contribution in [2.75, 3.05) is 17.1 Å². The van der Waals surface area contributed by atoms with Crippen molar-refractivity contribution in [2.45, 2.75) is 11.8 Å². The largest absolute Gasteiger partial charge is 0.341 e. The molecule has 0 atom stereocenters. The molecule has 0 radical (unpaired) electrons. The van der Waals surface area contributed by atoms with Gasteiger partial charge in [-0.1, -0.05) is 22.0 Å². The number of carbonyl (C=O) groups is 1. The summed E-state index contributed by atoms with van der Waals surface area (Å²) in [4.78, 5) is 11.4. The quantitative estimate of drug-likeness (QED) is 0.739. The van der Waals surface area contributed by atoms with Crippen LogP contribution < -0.4 is 15.4 Å². The van der Waals surface area contributed by atoms with Gasteiger partial charge in [-0.2, -0.15) is 0 Å². The zero-order valence-corrected chi connectivity index (χ0v) is 15.0. The first-order chi connectivity index (χ1) is 10.8. The molecule has 0 saturated carbocycles. The predicted octanol–water partition coefficient (Wildman–Crippen LogP) is 3.31. The molecule has 0 aromatic heterocycles. The van der Waals surface area contributed by atoms with Gasteiger partial charge >= 0.3 is 6.03 Å². The Bertz CT molecular complexity index is 820. The van der Waals surface area contributed by atoms with Crippen LogP contribution in [0.5, 0.6) is 0 Å². The summed E-state index contributed by atoms with van der Waals surface area (Å²) >= 11 is 3.28. The van der Waals surface area contributed by atoms with Gasteiger partial charge in [-0.05, 0) is 48.9 Å². The number of amides is 2. The Labute approximate surface area is 143 Å². The molecule has 0 spiro atoms. The average Bonchev–Trinajstić information content (AvgIpc) is 2.51. The lowest BCUT2D eigenvalue weighted by molar-refractivity contribution is 0.254. The normalized spacial score (nSPS) is 10.9. The number of rotatable bonds is 4. The number of carbonyl (C=O) groups excluding carboxylic acids is 1. The van der Waals surface area contributed by atoms with Crippen LogP contribution >= 0.6 is 15.9 Å². The molecule has 0 saturated heterocycles. The third-order valence-corrected chi connectivity index (χ3v) is 5.08. The zero-order valence-electron chi connectivity index (χ0n) is 12.6. The van der Waals surface area contributed by atoms with Gasteiger partial charge in [-0.15, -0.1) is 0 Å². The highest BCUT2D eigenvalue weighted by molar-refractivity contribution is 9.10. The number of hydrogen-bond acceptors (Lipinski definition) is 3. The molecular weight excluding hydrogens is 382 g/mol. The molecule has 23 heavy (non-hydrogen) atoms. The van der Waals surface area contributed by atoms with E-state index in [0.29, 0.717) is 21.4 Å². The maximum Gasteiger partial charge on any atom is 0.318 e. The monoisotopic (exact) mass is 397 g/mol. The second-order valence-corrected chi connectivity index (χ2v) is 7.36. The summed E-state index contributed by atoms with van der Waals surface area (Å²) < 4.78 is 28.2. The summed E-state index contributed by atoms with van der Waals surface area (Å²) in [5.74, 6) is 0. The average molecular weight is 398 g/mol. The number of nitrogens with one attached hydrogen (secondary N) is 3. The second kappa shape index (κ2) is 7.01. The van der Waals surface area contributed by atoms with Crippen molar-refractivity contribution in [2.24, 2.45) is 0 Å². The van der Waals surface area contributed by atoms with Crippen LogP contribution in [0.4, 0.5) is 16.2 Å². The van der Waals surface area contributed by atoms with Crippen LogP contribution in [0.3, 0.4) is 0 Å². The Morgan fingerprint density at radius 3 is 2.26 bits per heavy atom. The van der Waals surface area contributed by atoms with Crippen LogP contribution in [-0.2, 0) is 10.0 Å². The summed E-state index contributed by atoms with van der Waals surface area (Å²) in [6.07, 6.45) is 0. The van der Waals surface area contributed by atoms with Crippen molar-refractivity contribution in [3.8, 4) is 0 Å². The number of anilines is 2. The Hall–Kier alpha value is -2.06. The second-order valence-electron chi connectivity index (χ2n) is 4.80. The molecule has 2 amide bonds. The van der Waals surface area contributed by atoms with E-state index in [2.05, 4.69) is 31.3 Å². The topological polar surface area (TPSA) is 87.3 Å². The third kappa shape index (κ3) is 4.46. The fourth-order valence-electron chi connectivity index (χ4n) is 1.89. The number of sulfonamides is 1. The summed E-state index contributed by atoms with van der Waals surface area (Å²) in [6, 6.07) is 11.1. The summed E-state index contributed by atoms with van der Waals surface area (Å²) in [5, 5.41) is 5.03. The van der Waals surface area contributed by atoms with Crippen molar-refractivity contribution < 1.29 is 13.2 Å². The molecule has 2 aromatic carbocycles. The highest BCUT2D eigenvalue weighted by Gasteiger charge is 2.17. The van der Waals surface area contributed by atoms with Gasteiger partial charge in [-0.25, -0.2) is 13.2 Å². The molecule has 0 unspecified atom stereocenters. The van der Waals surface area contributed by atoms with Crippen molar-refractivity contribution in [1.82, 2.24) is 5.32 Å². The summed E-state index contributed by atoms with van der Waals surface area (Å²) in [7, 11) is -2.17. The van der Waals surface area contributed by atoms with E-state index >= 15 is 0 Å². The molecule has 0 fully saturated rings. The van der Waals surface area contributed by atoms with Crippen LogP contribution in [0.15, 0.2) is 51.8 Å². The minimum Gasteiger partial charge on any atom is -0.341 e. The van der Waals surface area contributed by atoms with Gasteiger partial charge in [0.25, 0.3) is 10.0 Å². The maximum absolute atomic E-state index is 12.5. The molecule has 0 heterocycles. The lowest BCUT2D eigenvalue weighted by atomic mass is 10.2. The van der Waals surface area contributed by atoms with Crippen molar-refractivity contribution in [3.63, 3.8) is 0 Å². The predicted molar refractivity (Wildman–Crippen MR) is 94.2 cm³/mol. The van der Waals surface area contributed by atoms with E-state index in [1.54, 1.807) is 49.4 Å². The highest BCUT2D eigenvalue weighted by atomic mass is 79.9. The standard InChI is InChI=1S/C15H16BrN3O3S/c1-10-3-4-11(16)9-14(10)23(21,22)19-13-7-5-12(6-8-13)18-15(20)17-2/h3-9,19H,1-2H3,(H2,17,18,20). The van der Waals surface area contributed by atoms with E-state index in [-0.39, 0.29) is 10.9 Å². The Morgan fingerprint density at radius 1 is 1.04 bits per heavy atom. The molecule has 122 valence electrons. The minimum atomic E-state index is -3.69. The Balaban J connectivity index is 2.20. The van der Waals surface area contributed by atoms with Crippen LogP contribution in [0.1, 0.15) is 5.56 Å². The van der Waals surface area contributed by atoms with E-state index in [1.165, 1.54) is 7.05 Å². The first-order valence-electron chi connectivity index (χ1n) is 6.69. The molecule has 0 aliphatic rings. The smallest absolute Gasteiger partial charge is 0.318 e. The molecular formula is C15H16BrN3O3S. The lowest BCUT2D eigenvalue weighted by Crippen LogP contribution is -2.24. The Morgan fingerprint density at radius 2 is 1.65 bits per heavy atom. The zero-order chi connectivity index (χ0) is 17.0. The molecule has 3 N–H and O–H groups in total. The molecule has 8 heteroatoms. The molecule has 0 aliphatic carbocycles. The van der Waals surface area contributed by atoms with Crippen LogP contribution in [0.2, 0.25) is 0 Å². The number of aryl methyl sites for hydroxylation is 1. The molecule has 2 rings (SSSR count). The lowest BCUT2D eigenvalue weighted by Gasteiger charge is -2.11. The summed E-state index contributed by atoms with van der Waals surface area (Å²) in [5.41, 5.74) is 1.62. The molecule has 0 aliphatic heterocycles. The molecule has 0 bridgehead atoms. The van der Waals surface area contributed by atoms with Gasteiger partial charge in [0.2, 0.25) is 0 Å². The first kappa shape index (κ1) is 17.3. The molecule has 2 aromatic rings. The van der Waals surface area contributed by atoms with E-state index in [1.807, 2.05) is 0 Å². The highest BCUT2D eigenvalue weighted by Crippen LogP contribution is 2.23. The Kier molecular flexibility index (Phi) is 5.27. The van der Waals surface area contributed by atoms with Crippen LogP contribution in [-0.4, -0.2) is 21.5 Å². The SMILES string of the molecule is CNC(=O)Nc1ccc(NS(=O)(=O)c2cc(Br)ccc2C)cc1. The fraction of sp³-hybridized carbons (Fsp3) is 0.133. The van der Waals surface area contributed by atoms with Gasteiger partial charge in [-0.3, -0.25) is 4.72 Å². The van der Waals surface area contributed by atoms with Gasteiger partial charge in [0.05, 0.1) is 4.90 Å². The number of benzene rings is 2. The molecule has 6 nitrogen and oxygen atoms in total. The van der Waals surface area contributed by atoms with Crippen molar-refractivity contribution in [3.05, 3.63) is 52.5 Å². The number of halogens is 1. The number of urea groups is 1. The van der Waals surface area contributed by atoms with Crippen molar-refractivity contribution >= 4 is 43.4 Å². The maximum atomic E-state index is 12.5. The first-order valence-corrected chi connectivity index (χ1v) is 8.97. The van der Waals surface area contributed by atoms with Gasteiger partial charge < -0.3 is 10.6 Å². The van der Waals surface area contributed by atoms with E-state index in [9.17, 15) is 13.2 Å². The van der Waals surface area contributed by atoms with E-state index in [0.717, 1.165) is 0 Å². The third-order valence-electron chi connectivity index (χ3n) is 3.06. The van der Waals surface area contributed by atoms with Crippen LogP contribution in [0.25, 0.3) is 0 Å². The fourth-order valence-corrected chi connectivity index (χ4v) is 3.73. The van der Waals surface area contributed by atoms with Gasteiger partial charge in [0.15, 0.2) is 0 Å². The van der Waals surface area contributed by atoms with E-state index in [4.69, 9.17) is 0 Å². The number of hydrogen-bond donors (Lipinski definition) is 3. The van der Waals surface area contributed by atoms with Gasteiger partial charge in [0, 0.05) is 22.9 Å². The summed E-state index contributed by atoms with van der Waals surface area (Å²) in [6.45, 7) is 1.73. The van der Waals surface area contributed by atoms with Crippen LogP contribution in [0, 0.1) is 6.92 Å². The van der Waals surface area contributed by atoms with Gasteiger partial charge in [0.1, 0.15) is 0 Å². The minimum absolute atomic E-state index is 0.208.